The summed E-state index contributed by atoms with van der Waals surface area (Å²) in [6.07, 6.45) is 0. The summed E-state index contributed by atoms with van der Waals surface area (Å²) in [6, 6.07) is 8.00. The van der Waals surface area contributed by atoms with Gasteiger partial charge in [-0.3, -0.25) is 0 Å². The minimum Gasteiger partial charge on any atom is -0.125 e. The van der Waals surface area contributed by atoms with Crippen molar-refractivity contribution in [1.82, 2.24) is 0 Å². The number of halogens is 1. The van der Waals surface area contributed by atoms with Crippen LogP contribution in [0.1, 0.15) is 59.9 Å². The third-order valence-corrected chi connectivity index (χ3v) is 11.7. The monoisotopic (exact) mass is 346 g/mol. The molecule has 0 spiro atoms. The summed E-state index contributed by atoms with van der Waals surface area (Å²) in [5.41, 5.74) is 7.92. The molecule has 0 saturated carbocycles. The Hall–Kier alpha value is -0.973. The molecule has 0 heterocycles. The number of hydrogen-bond acceptors (Lipinski definition) is 0. The Morgan fingerprint density at radius 3 is 1.74 bits per heavy atom. The first-order valence-electron chi connectivity index (χ1n) is 8.60. The summed E-state index contributed by atoms with van der Waals surface area (Å²) in [5, 5.41) is 0.767. The van der Waals surface area contributed by atoms with Gasteiger partial charge in [0, 0.05) is 16.5 Å². The van der Waals surface area contributed by atoms with E-state index >= 15 is 0 Å². The molecule has 0 aliphatic rings. The molecule has 1 atom stereocenters. The molecule has 0 amide bonds. The van der Waals surface area contributed by atoms with Crippen LogP contribution < -0.4 is 0 Å². The van der Waals surface area contributed by atoms with E-state index in [-0.39, 0.29) is 5.92 Å². The smallest absolute Gasteiger partial charge is 0.125 e. The minimum atomic E-state index is -1.69. The van der Waals surface area contributed by atoms with Crippen molar-refractivity contribution in [3.05, 3.63) is 47.0 Å². The van der Waals surface area contributed by atoms with Gasteiger partial charge in [-0.05, 0) is 34.3 Å². The highest BCUT2D eigenvalue weighted by molar-refractivity contribution is 6.90. The van der Waals surface area contributed by atoms with Gasteiger partial charge < -0.3 is 0 Å². The predicted octanol–water partition coefficient (Wildman–Crippen LogP) is 7.22. The third-order valence-electron chi connectivity index (χ3n) is 5.20. The fraction of sp³-hybridized carbons (Fsp3) is 0.524. The SMILES string of the molecule is C=C(C#C[Si](C(C)C)(C(C)C)C(C)C)C(C)c1ccc(Cl)cc1. The van der Waals surface area contributed by atoms with Gasteiger partial charge in [-0.2, -0.15) is 0 Å². The normalized spacial score (nSPS) is 13.2. The zero-order chi connectivity index (χ0) is 17.8. The molecule has 0 aromatic heterocycles. The molecule has 1 aromatic rings. The number of allylic oxidation sites excluding steroid dienone is 1. The lowest BCUT2D eigenvalue weighted by molar-refractivity contribution is 0.838. The molecule has 0 nitrogen and oxygen atoms in total. The Morgan fingerprint density at radius 1 is 0.913 bits per heavy atom. The zero-order valence-electron chi connectivity index (χ0n) is 15.7. The van der Waals surface area contributed by atoms with E-state index in [9.17, 15) is 0 Å². The number of rotatable bonds is 5. The van der Waals surface area contributed by atoms with Gasteiger partial charge in [-0.15, -0.1) is 5.54 Å². The van der Waals surface area contributed by atoms with Crippen LogP contribution in [0.3, 0.4) is 0 Å². The fourth-order valence-electron chi connectivity index (χ4n) is 3.68. The molecule has 1 rings (SSSR count). The topological polar surface area (TPSA) is 0 Å². The van der Waals surface area contributed by atoms with E-state index in [2.05, 4.69) is 78.6 Å². The van der Waals surface area contributed by atoms with Crippen molar-refractivity contribution in [3.8, 4) is 11.5 Å². The van der Waals surface area contributed by atoms with Crippen LogP contribution in [0.2, 0.25) is 21.6 Å². The zero-order valence-corrected chi connectivity index (χ0v) is 17.5. The number of hydrogen-bond donors (Lipinski definition) is 0. The second kappa shape index (κ2) is 8.22. The largest absolute Gasteiger partial charge is 0.146 e. The van der Waals surface area contributed by atoms with Gasteiger partial charge in [0.15, 0.2) is 0 Å². The van der Waals surface area contributed by atoms with E-state index in [0.29, 0.717) is 16.6 Å². The average molecular weight is 347 g/mol. The Morgan fingerprint density at radius 2 is 1.35 bits per heavy atom. The summed E-state index contributed by atoms with van der Waals surface area (Å²) in [5.74, 6) is 3.70. The van der Waals surface area contributed by atoms with Crippen molar-refractivity contribution in [1.29, 1.82) is 0 Å². The third kappa shape index (κ3) is 4.52. The summed E-state index contributed by atoms with van der Waals surface area (Å²) < 4.78 is 0. The van der Waals surface area contributed by atoms with Crippen LogP contribution in [-0.2, 0) is 0 Å². The molecule has 1 unspecified atom stereocenters. The van der Waals surface area contributed by atoms with Crippen LogP contribution in [0.15, 0.2) is 36.4 Å². The van der Waals surface area contributed by atoms with E-state index in [1.54, 1.807) is 0 Å². The summed E-state index contributed by atoms with van der Waals surface area (Å²) >= 11 is 5.98. The molecule has 0 aliphatic heterocycles. The fourth-order valence-corrected chi connectivity index (χ4v) is 9.05. The van der Waals surface area contributed by atoms with Crippen LogP contribution in [0, 0.1) is 11.5 Å². The first kappa shape index (κ1) is 20.1. The van der Waals surface area contributed by atoms with E-state index in [4.69, 9.17) is 11.6 Å². The Balaban J connectivity index is 3.11. The first-order valence-corrected chi connectivity index (χ1v) is 11.2. The van der Waals surface area contributed by atoms with Gasteiger partial charge in [0.2, 0.25) is 0 Å². The molecule has 1 aromatic carbocycles. The van der Waals surface area contributed by atoms with Gasteiger partial charge in [0.05, 0.1) is 0 Å². The van der Waals surface area contributed by atoms with E-state index in [1.807, 2.05) is 12.1 Å². The molecule has 0 saturated heterocycles. The average Bonchev–Trinajstić information content (AvgIpc) is 2.46. The van der Waals surface area contributed by atoms with E-state index < -0.39 is 8.07 Å². The van der Waals surface area contributed by atoms with Crippen molar-refractivity contribution in [2.45, 2.75) is 71.0 Å². The standard InChI is InChI=1S/C21H31ClSi/c1-15(2)23(16(3)4,17(5)6)14-13-18(7)19(8)20-9-11-21(22)12-10-20/h9-12,15-17,19H,7H2,1-6,8H3. The highest BCUT2D eigenvalue weighted by Gasteiger charge is 2.41. The summed E-state index contributed by atoms with van der Waals surface area (Å²) in [7, 11) is -1.69. The quantitative estimate of drug-likeness (QED) is 0.390. The van der Waals surface area contributed by atoms with Crippen molar-refractivity contribution in [3.63, 3.8) is 0 Å². The van der Waals surface area contributed by atoms with Gasteiger partial charge in [0.1, 0.15) is 8.07 Å². The van der Waals surface area contributed by atoms with Crippen molar-refractivity contribution in [2.75, 3.05) is 0 Å². The molecule has 0 bridgehead atoms. The van der Waals surface area contributed by atoms with E-state index in [0.717, 1.165) is 10.6 Å². The van der Waals surface area contributed by atoms with Crippen LogP contribution in [0.4, 0.5) is 0 Å². The lowest BCUT2D eigenvalue weighted by Crippen LogP contribution is -2.43. The second-order valence-corrected chi connectivity index (χ2v) is 13.5. The lowest BCUT2D eigenvalue weighted by atomic mass is 9.95. The molecule has 0 fully saturated rings. The van der Waals surface area contributed by atoms with Gasteiger partial charge in [0.25, 0.3) is 0 Å². The molecular weight excluding hydrogens is 316 g/mol. The second-order valence-electron chi connectivity index (χ2n) is 7.45. The van der Waals surface area contributed by atoms with Crippen LogP contribution in [0.25, 0.3) is 0 Å². The van der Waals surface area contributed by atoms with Gasteiger partial charge in [-0.1, -0.05) is 84.7 Å². The molecule has 2 heteroatoms. The Kier molecular flexibility index (Phi) is 7.18. The van der Waals surface area contributed by atoms with E-state index in [1.165, 1.54) is 5.56 Å². The van der Waals surface area contributed by atoms with Crippen LogP contribution >= 0.6 is 11.6 Å². The predicted molar refractivity (Wildman–Crippen MR) is 108 cm³/mol. The minimum absolute atomic E-state index is 0.234. The highest BCUT2D eigenvalue weighted by atomic mass is 35.5. The van der Waals surface area contributed by atoms with Crippen molar-refractivity contribution >= 4 is 19.7 Å². The highest BCUT2D eigenvalue weighted by Crippen LogP contribution is 2.41. The Labute approximate surface area is 149 Å². The number of benzene rings is 1. The molecule has 0 N–H and O–H groups in total. The maximum absolute atomic E-state index is 5.98. The molecule has 126 valence electrons. The summed E-state index contributed by atoms with van der Waals surface area (Å²) in [6.45, 7) is 20.5. The van der Waals surface area contributed by atoms with Gasteiger partial charge in [-0.25, -0.2) is 0 Å². The maximum atomic E-state index is 5.98. The lowest BCUT2D eigenvalue weighted by Gasteiger charge is -2.38. The summed E-state index contributed by atoms with van der Waals surface area (Å²) in [4.78, 5) is 0. The molecule has 0 aliphatic carbocycles. The van der Waals surface area contributed by atoms with Gasteiger partial charge >= 0.3 is 0 Å². The first-order chi connectivity index (χ1) is 10.6. The van der Waals surface area contributed by atoms with Crippen LogP contribution in [0.5, 0.6) is 0 Å². The molecule has 23 heavy (non-hydrogen) atoms. The maximum Gasteiger partial charge on any atom is 0.146 e. The van der Waals surface area contributed by atoms with Crippen LogP contribution in [-0.4, -0.2) is 8.07 Å². The van der Waals surface area contributed by atoms with Crippen molar-refractivity contribution < 1.29 is 0 Å². The molecule has 0 radical (unpaired) electrons. The van der Waals surface area contributed by atoms with Crippen molar-refractivity contribution in [2.24, 2.45) is 0 Å². The molecular formula is C21H31ClSi. The Bertz CT molecular complexity index is 563.